The Morgan fingerprint density at radius 2 is 1.94 bits per heavy atom. The zero-order valence-electron chi connectivity index (χ0n) is 17.5. The first-order chi connectivity index (χ1) is 15.8. The molecule has 2 aromatic heterocycles. The van der Waals surface area contributed by atoms with E-state index >= 15 is 0 Å². The molecule has 7 nitrogen and oxygen atoms in total. The highest BCUT2D eigenvalue weighted by Gasteiger charge is 2.24. The molecule has 0 saturated heterocycles. The number of amides is 1. The summed E-state index contributed by atoms with van der Waals surface area (Å²) in [5.41, 5.74) is 0.424. The third kappa shape index (κ3) is 4.24. The molecule has 2 aromatic carbocycles. The number of nitrogens with one attached hydrogen (secondary N) is 1. The van der Waals surface area contributed by atoms with Crippen LogP contribution < -0.4 is 10.9 Å². The number of ether oxygens (including phenoxy) is 1. The number of esters is 1. The number of aryl methyl sites for hydroxylation is 1. The van der Waals surface area contributed by atoms with E-state index in [-0.39, 0.29) is 38.7 Å². The highest BCUT2D eigenvalue weighted by atomic mass is 35.5. The molecule has 0 radical (unpaired) electrons. The Bertz CT molecular complexity index is 1430. The Balaban J connectivity index is 1.90. The molecular formula is C23H17ClFN3O4S. The molecule has 0 aliphatic rings. The molecule has 4 aromatic rings. The molecule has 4 rings (SSSR count). The lowest BCUT2D eigenvalue weighted by Crippen LogP contribution is -2.25. The number of fused-ring (bicyclic) bond motifs is 1. The van der Waals surface area contributed by atoms with Gasteiger partial charge in [0.25, 0.3) is 11.5 Å². The van der Waals surface area contributed by atoms with Gasteiger partial charge in [0, 0.05) is 10.8 Å². The molecule has 0 unspecified atom stereocenters. The van der Waals surface area contributed by atoms with Crippen LogP contribution in [-0.4, -0.2) is 28.3 Å². The number of halogens is 2. The Morgan fingerprint density at radius 3 is 2.61 bits per heavy atom. The van der Waals surface area contributed by atoms with Crippen LogP contribution in [0.25, 0.3) is 16.5 Å². The lowest BCUT2D eigenvalue weighted by molar-refractivity contribution is 0.0520. The first kappa shape index (κ1) is 22.6. The van der Waals surface area contributed by atoms with Gasteiger partial charge in [-0.05, 0) is 38.1 Å². The maximum absolute atomic E-state index is 14.2. The predicted molar refractivity (Wildman–Crippen MR) is 125 cm³/mol. The largest absolute Gasteiger partial charge is 0.461 e. The fraction of sp³-hybridized carbons (Fsp3) is 0.130. The summed E-state index contributed by atoms with van der Waals surface area (Å²) >= 11 is 7.01. The van der Waals surface area contributed by atoms with E-state index in [1.54, 1.807) is 31.2 Å². The van der Waals surface area contributed by atoms with Crippen molar-refractivity contribution in [1.29, 1.82) is 0 Å². The van der Waals surface area contributed by atoms with Crippen molar-refractivity contribution in [3.05, 3.63) is 85.9 Å². The molecule has 1 amide bonds. The maximum atomic E-state index is 14.2. The van der Waals surface area contributed by atoms with Gasteiger partial charge in [-0.15, -0.1) is 11.3 Å². The number of carbonyl (C=O) groups excluding carboxylic acids is 2. The zero-order chi connectivity index (χ0) is 23.7. The van der Waals surface area contributed by atoms with Crippen molar-refractivity contribution in [3.8, 4) is 5.69 Å². The Labute approximate surface area is 196 Å². The van der Waals surface area contributed by atoms with Crippen molar-refractivity contribution < 1.29 is 18.7 Å². The van der Waals surface area contributed by atoms with Crippen LogP contribution in [0.1, 0.15) is 33.3 Å². The fourth-order valence-electron chi connectivity index (χ4n) is 3.23. The molecule has 0 spiro atoms. The summed E-state index contributed by atoms with van der Waals surface area (Å²) in [7, 11) is 0. The topological polar surface area (TPSA) is 90.3 Å². The first-order valence-electron chi connectivity index (χ1n) is 9.85. The first-order valence-corrected chi connectivity index (χ1v) is 11.1. The van der Waals surface area contributed by atoms with E-state index in [2.05, 4.69) is 10.4 Å². The summed E-state index contributed by atoms with van der Waals surface area (Å²) in [5, 5.41) is 8.65. The van der Waals surface area contributed by atoms with Gasteiger partial charge in [0.05, 0.1) is 28.3 Å². The van der Waals surface area contributed by atoms with Crippen LogP contribution in [0.3, 0.4) is 0 Å². The van der Waals surface area contributed by atoms with Crippen molar-refractivity contribution >= 4 is 50.6 Å². The summed E-state index contributed by atoms with van der Waals surface area (Å²) < 4.78 is 20.4. The minimum absolute atomic E-state index is 0.0550. The van der Waals surface area contributed by atoms with E-state index in [1.807, 2.05) is 6.92 Å². The second-order valence-corrected chi connectivity index (χ2v) is 8.31. The molecule has 33 heavy (non-hydrogen) atoms. The Kier molecular flexibility index (Phi) is 6.26. The molecular weight excluding hydrogens is 469 g/mol. The quantitative estimate of drug-likeness (QED) is 0.403. The number of aromatic nitrogens is 2. The maximum Gasteiger partial charge on any atom is 0.359 e. The average molecular weight is 486 g/mol. The minimum atomic E-state index is -0.822. The van der Waals surface area contributed by atoms with Crippen molar-refractivity contribution in [1.82, 2.24) is 9.78 Å². The van der Waals surface area contributed by atoms with Gasteiger partial charge in [-0.2, -0.15) is 9.78 Å². The molecule has 0 atom stereocenters. The summed E-state index contributed by atoms with van der Waals surface area (Å²) in [6, 6.07) is 10.9. The Morgan fingerprint density at radius 1 is 1.21 bits per heavy atom. The molecule has 0 bridgehead atoms. The number of hydrogen-bond donors (Lipinski definition) is 1. The highest BCUT2D eigenvalue weighted by molar-refractivity contribution is 7.16. The van der Waals surface area contributed by atoms with Crippen molar-refractivity contribution in [3.63, 3.8) is 0 Å². The van der Waals surface area contributed by atoms with Gasteiger partial charge in [-0.25, -0.2) is 9.18 Å². The van der Waals surface area contributed by atoms with Gasteiger partial charge in [-0.3, -0.25) is 9.59 Å². The van der Waals surface area contributed by atoms with Crippen LogP contribution in [0.2, 0.25) is 5.02 Å². The number of carbonyl (C=O) groups is 2. The fourth-order valence-corrected chi connectivity index (χ4v) is 4.41. The predicted octanol–water partition coefficient (Wildman–Crippen LogP) is 4.98. The van der Waals surface area contributed by atoms with Crippen LogP contribution >= 0.6 is 22.9 Å². The van der Waals surface area contributed by atoms with Crippen molar-refractivity contribution in [2.45, 2.75) is 13.8 Å². The SMILES string of the molecule is CCOC(=O)c1nn(-c2ccc(C)cc2)c(=O)c2c(NC(=O)c3c(F)cccc3Cl)scc12. The number of benzene rings is 2. The van der Waals surface area contributed by atoms with E-state index in [0.717, 1.165) is 27.6 Å². The van der Waals surface area contributed by atoms with Crippen molar-refractivity contribution in [2.75, 3.05) is 11.9 Å². The molecule has 0 fully saturated rings. The second-order valence-electron chi connectivity index (χ2n) is 7.03. The summed E-state index contributed by atoms with van der Waals surface area (Å²) in [6.45, 7) is 3.67. The second kappa shape index (κ2) is 9.13. The third-order valence-electron chi connectivity index (χ3n) is 4.82. The van der Waals surface area contributed by atoms with Gasteiger partial charge in [0.2, 0.25) is 0 Å². The van der Waals surface area contributed by atoms with Crippen molar-refractivity contribution in [2.24, 2.45) is 0 Å². The molecule has 0 aliphatic heterocycles. The van der Waals surface area contributed by atoms with Crippen LogP contribution in [-0.2, 0) is 4.74 Å². The number of rotatable bonds is 5. The van der Waals surface area contributed by atoms with Crippen LogP contribution in [0, 0.1) is 12.7 Å². The highest BCUT2D eigenvalue weighted by Crippen LogP contribution is 2.32. The van der Waals surface area contributed by atoms with Gasteiger partial charge < -0.3 is 10.1 Å². The van der Waals surface area contributed by atoms with Gasteiger partial charge in [0.1, 0.15) is 10.8 Å². The number of hydrogen-bond acceptors (Lipinski definition) is 6. The molecule has 168 valence electrons. The number of anilines is 1. The van der Waals surface area contributed by atoms with E-state index in [0.29, 0.717) is 5.69 Å². The Hall–Kier alpha value is -3.56. The molecule has 10 heteroatoms. The molecule has 0 aliphatic carbocycles. The standard InChI is InChI=1S/C23H17ClFN3O4S/c1-3-32-23(31)19-14-11-33-21(26-20(29)18-15(24)5-4-6-16(18)25)17(14)22(30)28(27-19)13-9-7-12(2)8-10-13/h4-11H,3H2,1-2H3,(H,26,29). The monoisotopic (exact) mass is 485 g/mol. The lowest BCUT2D eigenvalue weighted by atomic mass is 10.2. The normalized spacial score (nSPS) is 10.9. The van der Waals surface area contributed by atoms with E-state index in [9.17, 15) is 18.8 Å². The average Bonchev–Trinajstić information content (AvgIpc) is 3.19. The zero-order valence-corrected chi connectivity index (χ0v) is 19.1. The lowest BCUT2D eigenvalue weighted by Gasteiger charge is -2.10. The molecule has 2 heterocycles. The van der Waals surface area contributed by atoms with E-state index in [1.165, 1.54) is 17.5 Å². The molecule has 1 N–H and O–H groups in total. The summed E-state index contributed by atoms with van der Waals surface area (Å²) in [6.07, 6.45) is 0. The van der Waals surface area contributed by atoms with Crippen LogP contribution in [0.5, 0.6) is 0 Å². The van der Waals surface area contributed by atoms with Gasteiger partial charge in [-0.1, -0.05) is 35.4 Å². The van der Waals surface area contributed by atoms with Gasteiger partial charge in [0.15, 0.2) is 5.69 Å². The van der Waals surface area contributed by atoms with Crippen LogP contribution in [0.4, 0.5) is 9.39 Å². The van der Waals surface area contributed by atoms with E-state index < -0.39 is 23.3 Å². The van der Waals surface area contributed by atoms with Crippen LogP contribution in [0.15, 0.2) is 52.6 Å². The number of nitrogens with zero attached hydrogens (tertiary/aromatic N) is 2. The molecule has 0 saturated carbocycles. The number of thiophene rings is 1. The summed E-state index contributed by atoms with van der Waals surface area (Å²) in [5.74, 6) is -2.33. The summed E-state index contributed by atoms with van der Waals surface area (Å²) in [4.78, 5) is 38.8. The minimum Gasteiger partial charge on any atom is -0.461 e. The smallest absolute Gasteiger partial charge is 0.359 e. The third-order valence-corrected chi connectivity index (χ3v) is 6.03. The van der Waals surface area contributed by atoms with E-state index in [4.69, 9.17) is 16.3 Å². The van der Waals surface area contributed by atoms with Gasteiger partial charge >= 0.3 is 5.97 Å².